The zero-order valence-electron chi connectivity index (χ0n) is 11.8. The average Bonchev–Trinajstić information content (AvgIpc) is 2.99. The number of ether oxygens (including phenoxy) is 1. The summed E-state index contributed by atoms with van der Waals surface area (Å²) in [6.07, 6.45) is 2.30. The molecule has 0 aromatic carbocycles. The molecule has 3 heterocycles. The number of hydrogen-bond acceptors (Lipinski definition) is 6. The fourth-order valence-corrected chi connectivity index (χ4v) is 2.46. The highest BCUT2D eigenvalue weighted by Crippen LogP contribution is 2.23. The molecule has 0 N–H and O–H groups in total. The lowest BCUT2D eigenvalue weighted by Gasteiger charge is -2.31. The molecule has 3 rings (SSSR count). The molecule has 1 atom stereocenters. The molecule has 1 aliphatic heterocycles. The number of halogens is 1. The van der Waals surface area contributed by atoms with Gasteiger partial charge in [-0.05, 0) is 12.1 Å². The fourth-order valence-electron chi connectivity index (χ4n) is 2.28. The van der Waals surface area contributed by atoms with Gasteiger partial charge in [-0.3, -0.25) is 9.88 Å². The Bertz CT molecular complexity index is 604. The van der Waals surface area contributed by atoms with Gasteiger partial charge < -0.3 is 9.15 Å². The van der Waals surface area contributed by atoms with Crippen molar-refractivity contribution in [3.8, 4) is 0 Å². The monoisotopic (exact) mass is 308 g/mol. The van der Waals surface area contributed by atoms with E-state index in [1.165, 1.54) is 0 Å². The predicted molar refractivity (Wildman–Crippen MR) is 76.9 cm³/mol. The molecule has 1 unspecified atom stereocenters. The van der Waals surface area contributed by atoms with Crippen molar-refractivity contribution in [3.05, 3.63) is 40.8 Å². The van der Waals surface area contributed by atoms with Crippen LogP contribution >= 0.6 is 11.6 Å². The minimum Gasteiger partial charge on any atom is -0.422 e. The van der Waals surface area contributed by atoms with Gasteiger partial charge in [0.1, 0.15) is 6.10 Å². The summed E-state index contributed by atoms with van der Waals surface area (Å²) in [5.41, 5.74) is 0.875. The van der Waals surface area contributed by atoms with Crippen LogP contribution in [0.4, 0.5) is 0 Å². The van der Waals surface area contributed by atoms with Gasteiger partial charge in [-0.15, -0.1) is 10.2 Å². The highest BCUT2D eigenvalue weighted by atomic mass is 35.5. The second-order valence-electron chi connectivity index (χ2n) is 4.91. The fraction of sp³-hybridized carbons (Fsp3) is 0.500. The Hall–Kier alpha value is -1.50. The molecule has 6 nitrogen and oxygen atoms in total. The number of morpholine rings is 1. The number of pyridine rings is 1. The third kappa shape index (κ3) is 3.40. The van der Waals surface area contributed by atoms with E-state index < -0.39 is 0 Å². The standard InChI is InChI=1S/C14H17ClN4O2/c1-2-13-17-18-14(21-13)12-9-19(6-7-20-12)8-11-10(15)4-3-5-16-11/h3-5,12H,2,6-9H2,1H3. The Morgan fingerprint density at radius 1 is 1.43 bits per heavy atom. The van der Waals surface area contributed by atoms with Crippen LogP contribution in [0.5, 0.6) is 0 Å². The van der Waals surface area contributed by atoms with E-state index in [4.69, 9.17) is 20.8 Å². The normalized spacial score (nSPS) is 19.8. The largest absolute Gasteiger partial charge is 0.422 e. The van der Waals surface area contributed by atoms with E-state index in [1.54, 1.807) is 6.20 Å². The zero-order valence-corrected chi connectivity index (χ0v) is 12.6. The van der Waals surface area contributed by atoms with Gasteiger partial charge in [0.2, 0.25) is 11.8 Å². The lowest BCUT2D eigenvalue weighted by Crippen LogP contribution is -2.38. The summed E-state index contributed by atoms with van der Waals surface area (Å²) in [4.78, 5) is 6.56. The molecule has 0 spiro atoms. The number of rotatable bonds is 4. The molecule has 0 bridgehead atoms. The summed E-state index contributed by atoms with van der Waals surface area (Å²) < 4.78 is 11.3. The van der Waals surface area contributed by atoms with Gasteiger partial charge in [0.25, 0.3) is 0 Å². The molecular formula is C14H17ClN4O2. The third-order valence-corrected chi connectivity index (χ3v) is 3.76. The minimum absolute atomic E-state index is 0.186. The molecule has 2 aromatic rings. The molecule has 2 aromatic heterocycles. The first-order chi connectivity index (χ1) is 10.3. The second kappa shape index (κ2) is 6.51. The van der Waals surface area contributed by atoms with E-state index in [1.807, 2.05) is 19.1 Å². The van der Waals surface area contributed by atoms with E-state index >= 15 is 0 Å². The lowest BCUT2D eigenvalue weighted by atomic mass is 10.2. The highest BCUT2D eigenvalue weighted by Gasteiger charge is 2.27. The average molecular weight is 309 g/mol. The Morgan fingerprint density at radius 3 is 3.10 bits per heavy atom. The minimum atomic E-state index is -0.186. The molecule has 21 heavy (non-hydrogen) atoms. The summed E-state index contributed by atoms with van der Waals surface area (Å²) in [5, 5.41) is 8.73. The van der Waals surface area contributed by atoms with E-state index in [0.29, 0.717) is 36.5 Å². The van der Waals surface area contributed by atoms with Gasteiger partial charge in [-0.25, -0.2) is 0 Å². The maximum Gasteiger partial charge on any atom is 0.246 e. The third-order valence-electron chi connectivity index (χ3n) is 3.42. The number of aromatic nitrogens is 3. The summed E-state index contributed by atoms with van der Waals surface area (Å²) in [6, 6.07) is 3.69. The van der Waals surface area contributed by atoms with Crippen molar-refractivity contribution in [2.45, 2.75) is 26.0 Å². The van der Waals surface area contributed by atoms with Crippen LogP contribution in [0, 0.1) is 0 Å². The summed E-state index contributed by atoms with van der Waals surface area (Å²) in [5.74, 6) is 1.18. The molecule has 0 radical (unpaired) electrons. The molecular weight excluding hydrogens is 292 g/mol. The summed E-state index contributed by atoms with van der Waals surface area (Å²) >= 11 is 6.16. The van der Waals surface area contributed by atoms with Crippen LogP contribution in [0.2, 0.25) is 5.02 Å². The lowest BCUT2D eigenvalue weighted by molar-refractivity contribution is -0.0461. The molecule has 1 saturated heterocycles. The van der Waals surface area contributed by atoms with Crippen molar-refractivity contribution >= 4 is 11.6 Å². The van der Waals surface area contributed by atoms with Gasteiger partial charge in [0.15, 0.2) is 0 Å². The zero-order chi connectivity index (χ0) is 14.7. The van der Waals surface area contributed by atoms with Crippen molar-refractivity contribution < 1.29 is 9.15 Å². The number of aryl methyl sites for hydroxylation is 1. The highest BCUT2D eigenvalue weighted by molar-refractivity contribution is 6.31. The molecule has 112 valence electrons. The Morgan fingerprint density at radius 2 is 2.33 bits per heavy atom. The van der Waals surface area contributed by atoms with Crippen LogP contribution in [-0.4, -0.2) is 39.8 Å². The molecule has 1 fully saturated rings. The van der Waals surface area contributed by atoms with Gasteiger partial charge >= 0.3 is 0 Å². The van der Waals surface area contributed by atoms with Crippen molar-refractivity contribution in [1.82, 2.24) is 20.1 Å². The van der Waals surface area contributed by atoms with Gasteiger partial charge in [-0.1, -0.05) is 18.5 Å². The van der Waals surface area contributed by atoms with Gasteiger partial charge in [0, 0.05) is 32.3 Å². The Balaban J connectivity index is 1.67. The second-order valence-corrected chi connectivity index (χ2v) is 5.32. The van der Waals surface area contributed by atoms with Crippen molar-refractivity contribution in [2.75, 3.05) is 19.7 Å². The number of hydrogen-bond donors (Lipinski definition) is 0. The van der Waals surface area contributed by atoms with E-state index in [9.17, 15) is 0 Å². The van der Waals surface area contributed by atoms with Crippen LogP contribution in [0.25, 0.3) is 0 Å². The first-order valence-corrected chi connectivity index (χ1v) is 7.39. The van der Waals surface area contributed by atoms with Gasteiger partial charge in [-0.2, -0.15) is 0 Å². The first-order valence-electron chi connectivity index (χ1n) is 7.02. The Kier molecular flexibility index (Phi) is 4.48. The van der Waals surface area contributed by atoms with Crippen LogP contribution < -0.4 is 0 Å². The SMILES string of the molecule is CCc1nnc(C2CN(Cc3ncccc3Cl)CCO2)o1. The van der Waals surface area contributed by atoms with Crippen molar-refractivity contribution in [2.24, 2.45) is 0 Å². The van der Waals surface area contributed by atoms with E-state index in [-0.39, 0.29) is 6.10 Å². The summed E-state index contributed by atoms with van der Waals surface area (Å²) in [6.45, 7) is 4.82. The topological polar surface area (TPSA) is 64.3 Å². The van der Waals surface area contributed by atoms with E-state index in [2.05, 4.69) is 20.1 Å². The maximum atomic E-state index is 6.16. The molecule has 7 heteroatoms. The summed E-state index contributed by atoms with van der Waals surface area (Å²) in [7, 11) is 0. The first kappa shape index (κ1) is 14.4. The quantitative estimate of drug-likeness (QED) is 0.863. The molecule has 1 aliphatic rings. The number of nitrogens with zero attached hydrogens (tertiary/aromatic N) is 4. The smallest absolute Gasteiger partial charge is 0.246 e. The van der Waals surface area contributed by atoms with Crippen molar-refractivity contribution in [3.63, 3.8) is 0 Å². The van der Waals surface area contributed by atoms with Crippen molar-refractivity contribution in [1.29, 1.82) is 0 Å². The Labute approximate surface area is 128 Å². The van der Waals surface area contributed by atoms with Crippen LogP contribution in [0.15, 0.2) is 22.7 Å². The van der Waals surface area contributed by atoms with Crippen LogP contribution in [0.3, 0.4) is 0 Å². The van der Waals surface area contributed by atoms with Gasteiger partial charge in [0.05, 0.1) is 17.3 Å². The molecule has 0 saturated carbocycles. The molecule has 0 aliphatic carbocycles. The predicted octanol–water partition coefficient (Wildman–Crippen LogP) is 2.25. The van der Waals surface area contributed by atoms with Crippen LogP contribution in [-0.2, 0) is 17.7 Å². The maximum absolute atomic E-state index is 6.16. The van der Waals surface area contributed by atoms with Crippen LogP contribution in [0.1, 0.15) is 30.5 Å². The van der Waals surface area contributed by atoms with E-state index in [0.717, 1.165) is 18.7 Å². The molecule has 0 amide bonds.